The molecule has 3 nitrogen and oxygen atoms in total. The van der Waals surface area contributed by atoms with Gasteiger partial charge in [0.1, 0.15) is 5.82 Å². The molecule has 1 fully saturated rings. The van der Waals surface area contributed by atoms with E-state index in [9.17, 15) is 4.39 Å². The van der Waals surface area contributed by atoms with Crippen molar-refractivity contribution in [1.29, 1.82) is 0 Å². The van der Waals surface area contributed by atoms with Crippen molar-refractivity contribution in [3.63, 3.8) is 0 Å². The van der Waals surface area contributed by atoms with E-state index in [1.807, 2.05) is 42.3 Å². The summed E-state index contributed by atoms with van der Waals surface area (Å²) >= 11 is 1.82. The van der Waals surface area contributed by atoms with Gasteiger partial charge in [0.05, 0.1) is 5.69 Å². The zero-order valence-corrected chi connectivity index (χ0v) is 15.5. The third-order valence-electron chi connectivity index (χ3n) is 4.74. The SMILES string of the molecule is CCSNC1CCC(CNc2ccc(F)c(-c3ccccn3)c2)CC1. The number of rotatable bonds is 7. The van der Waals surface area contributed by atoms with Crippen LogP contribution < -0.4 is 10.0 Å². The van der Waals surface area contributed by atoms with Crippen LogP contribution in [0, 0.1) is 11.7 Å². The fraction of sp³-hybridized carbons (Fsp3) is 0.450. The number of hydrogen-bond donors (Lipinski definition) is 2. The van der Waals surface area contributed by atoms with Gasteiger partial charge in [0.25, 0.3) is 0 Å². The molecule has 134 valence electrons. The van der Waals surface area contributed by atoms with Crippen LogP contribution in [0.4, 0.5) is 10.1 Å². The molecule has 5 heteroatoms. The van der Waals surface area contributed by atoms with E-state index in [1.165, 1.54) is 31.7 Å². The molecule has 0 radical (unpaired) electrons. The number of anilines is 1. The van der Waals surface area contributed by atoms with E-state index < -0.39 is 0 Å². The minimum Gasteiger partial charge on any atom is -0.385 e. The van der Waals surface area contributed by atoms with E-state index in [-0.39, 0.29) is 5.82 Å². The van der Waals surface area contributed by atoms with Crippen LogP contribution in [0.1, 0.15) is 32.6 Å². The maximum atomic E-state index is 14.1. The van der Waals surface area contributed by atoms with Crippen LogP contribution in [0.3, 0.4) is 0 Å². The quantitative estimate of drug-likeness (QED) is 0.673. The number of benzene rings is 1. The summed E-state index contributed by atoms with van der Waals surface area (Å²) in [5.74, 6) is 1.57. The predicted octanol–water partition coefficient (Wildman–Crippen LogP) is 5.12. The molecule has 1 saturated carbocycles. The van der Waals surface area contributed by atoms with Gasteiger partial charge in [-0.05, 0) is 61.9 Å². The molecule has 1 aliphatic carbocycles. The van der Waals surface area contributed by atoms with Gasteiger partial charge in [-0.15, -0.1) is 0 Å². The summed E-state index contributed by atoms with van der Waals surface area (Å²) in [5, 5.41) is 3.49. The van der Waals surface area contributed by atoms with Crippen LogP contribution in [-0.2, 0) is 0 Å². The highest BCUT2D eigenvalue weighted by atomic mass is 32.2. The third kappa shape index (κ3) is 5.19. The molecule has 1 heterocycles. The Kier molecular flexibility index (Phi) is 6.70. The normalized spacial score (nSPS) is 20.4. The van der Waals surface area contributed by atoms with Gasteiger partial charge < -0.3 is 5.32 Å². The second-order valence-electron chi connectivity index (χ2n) is 6.56. The van der Waals surface area contributed by atoms with Crippen molar-refractivity contribution in [1.82, 2.24) is 9.71 Å². The minimum atomic E-state index is -0.232. The molecule has 0 atom stereocenters. The first kappa shape index (κ1) is 18.2. The molecule has 1 aromatic carbocycles. The zero-order valence-electron chi connectivity index (χ0n) is 14.7. The van der Waals surface area contributed by atoms with Gasteiger partial charge in [-0.1, -0.05) is 24.9 Å². The summed E-state index contributed by atoms with van der Waals surface area (Å²) < 4.78 is 17.7. The van der Waals surface area contributed by atoms with E-state index in [0.29, 0.717) is 23.2 Å². The fourth-order valence-electron chi connectivity index (χ4n) is 3.30. The Balaban J connectivity index is 1.54. The number of halogens is 1. The molecule has 0 spiro atoms. The molecule has 0 saturated heterocycles. The lowest BCUT2D eigenvalue weighted by atomic mass is 9.86. The number of nitrogens with one attached hydrogen (secondary N) is 2. The van der Waals surface area contributed by atoms with Crippen LogP contribution >= 0.6 is 11.9 Å². The molecule has 1 aromatic heterocycles. The largest absolute Gasteiger partial charge is 0.385 e. The zero-order chi connectivity index (χ0) is 17.5. The van der Waals surface area contributed by atoms with Gasteiger partial charge in [-0.3, -0.25) is 9.71 Å². The Bertz CT molecular complexity index is 657. The Morgan fingerprint density at radius 1 is 1.16 bits per heavy atom. The molecule has 0 bridgehead atoms. The third-order valence-corrected chi connectivity index (χ3v) is 5.53. The molecule has 0 amide bonds. The van der Waals surface area contributed by atoms with Crippen molar-refractivity contribution in [2.24, 2.45) is 5.92 Å². The first-order chi connectivity index (χ1) is 12.3. The highest BCUT2D eigenvalue weighted by Crippen LogP contribution is 2.27. The molecule has 25 heavy (non-hydrogen) atoms. The van der Waals surface area contributed by atoms with Gasteiger partial charge >= 0.3 is 0 Å². The smallest absolute Gasteiger partial charge is 0.132 e. The highest BCUT2D eigenvalue weighted by Gasteiger charge is 2.20. The summed E-state index contributed by atoms with van der Waals surface area (Å²) in [6.07, 6.45) is 6.65. The van der Waals surface area contributed by atoms with Gasteiger partial charge in [-0.25, -0.2) is 4.39 Å². The van der Waals surface area contributed by atoms with Gasteiger partial charge in [0.15, 0.2) is 0 Å². The first-order valence-corrected chi connectivity index (χ1v) is 10.1. The summed E-state index contributed by atoms with van der Waals surface area (Å²) in [5.41, 5.74) is 2.18. The van der Waals surface area contributed by atoms with Gasteiger partial charge in [-0.2, -0.15) is 0 Å². The van der Waals surface area contributed by atoms with Crippen LogP contribution in [0.25, 0.3) is 11.3 Å². The molecule has 2 N–H and O–H groups in total. The van der Waals surface area contributed by atoms with Gasteiger partial charge in [0.2, 0.25) is 0 Å². The van der Waals surface area contributed by atoms with Crippen molar-refractivity contribution in [2.45, 2.75) is 38.6 Å². The van der Waals surface area contributed by atoms with Crippen LogP contribution in [0.5, 0.6) is 0 Å². The Hall–Kier alpha value is -1.59. The number of pyridine rings is 1. The molecular weight excluding hydrogens is 333 g/mol. The summed E-state index contributed by atoms with van der Waals surface area (Å²) in [7, 11) is 0. The standard InChI is InChI=1S/C20H26FN3S/c1-2-25-24-16-8-6-15(7-9-16)14-23-17-10-11-19(21)18(13-17)20-5-3-4-12-22-20/h3-5,10-13,15-16,23-24H,2,6-9,14H2,1H3. The second kappa shape index (κ2) is 9.20. The molecule has 3 rings (SSSR count). The fourth-order valence-corrected chi connectivity index (χ4v) is 3.94. The van der Waals surface area contributed by atoms with Crippen molar-refractivity contribution >= 4 is 17.6 Å². The van der Waals surface area contributed by atoms with Crippen molar-refractivity contribution in [2.75, 3.05) is 17.6 Å². The van der Waals surface area contributed by atoms with Crippen molar-refractivity contribution in [3.8, 4) is 11.3 Å². The topological polar surface area (TPSA) is 37.0 Å². The molecule has 2 aromatic rings. The van der Waals surface area contributed by atoms with E-state index in [2.05, 4.69) is 21.9 Å². The van der Waals surface area contributed by atoms with E-state index in [1.54, 1.807) is 6.20 Å². The lowest BCUT2D eigenvalue weighted by Crippen LogP contribution is -2.31. The van der Waals surface area contributed by atoms with E-state index in [4.69, 9.17) is 0 Å². The van der Waals surface area contributed by atoms with Gasteiger partial charge in [0, 0.05) is 35.8 Å². The first-order valence-electron chi connectivity index (χ1n) is 9.08. The van der Waals surface area contributed by atoms with Crippen molar-refractivity contribution in [3.05, 3.63) is 48.4 Å². The Morgan fingerprint density at radius 3 is 2.72 bits per heavy atom. The van der Waals surface area contributed by atoms with Crippen LogP contribution in [0.15, 0.2) is 42.6 Å². The molecule has 0 unspecified atom stereocenters. The van der Waals surface area contributed by atoms with E-state index >= 15 is 0 Å². The lowest BCUT2D eigenvalue weighted by molar-refractivity contribution is 0.328. The number of nitrogens with zero attached hydrogens (tertiary/aromatic N) is 1. The minimum absolute atomic E-state index is 0.232. The summed E-state index contributed by atoms with van der Waals surface area (Å²) in [4.78, 5) is 4.26. The number of aromatic nitrogens is 1. The van der Waals surface area contributed by atoms with E-state index in [0.717, 1.165) is 18.0 Å². The summed E-state index contributed by atoms with van der Waals surface area (Å²) in [6, 6.07) is 11.4. The van der Waals surface area contributed by atoms with Crippen molar-refractivity contribution < 1.29 is 4.39 Å². The molecule has 0 aliphatic heterocycles. The Morgan fingerprint density at radius 2 is 2.00 bits per heavy atom. The van der Waals surface area contributed by atoms with Crippen LogP contribution in [-0.4, -0.2) is 23.3 Å². The van der Waals surface area contributed by atoms with Crippen LogP contribution in [0.2, 0.25) is 0 Å². The number of hydrogen-bond acceptors (Lipinski definition) is 4. The predicted molar refractivity (Wildman–Crippen MR) is 105 cm³/mol. The maximum Gasteiger partial charge on any atom is 0.132 e. The lowest BCUT2D eigenvalue weighted by Gasteiger charge is -2.29. The molecular formula is C20H26FN3S. The average Bonchev–Trinajstić information content (AvgIpc) is 2.67. The maximum absolute atomic E-state index is 14.1. The monoisotopic (exact) mass is 359 g/mol. The summed E-state index contributed by atoms with van der Waals surface area (Å²) in [6.45, 7) is 3.12. The molecule has 1 aliphatic rings. The Labute approximate surface area is 154 Å². The average molecular weight is 360 g/mol. The second-order valence-corrected chi connectivity index (χ2v) is 7.66. The highest BCUT2D eigenvalue weighted by molar-refractivity contribution is 7.97.